The number of carbonyl (C=O) groups is 1. The zero-order chi connectivity index (χ0) is 13.0. The molecule has 2 rings (SSSR count). The Bertz CT molecular complexity index is 435. The fourth-order valence-corrected chi connectivity index (χ4v) is 2.50. The van der Waals surface area contributed by atoms with Crippen molar-refractivity contribution in [1.82, 2.24) is 10.3 Å². The van der Waals surface area contributed by atoms with Gasteiger partial charge in [-0.25, -0.2) is 14.2 Å². The highest BCUT2D eigenvalue weighted by molar-refractivity contribution is 9.10. The number of amides is 2. The molecule has 0 aliphatic heterocycles. The van der Waals surface area contributed by atoms with E-state index >= 15 is 0 Å². The standard InChI is InChI=1S/C12H15BrFN3O/c13-10-6-8(14)7-15-11(10)17-12(18)16-9-4-2-1-3-5-9/h6-7,9H,1-5H2,(H2,15,16,17,18). The van der Waals surface area contributed by atoms with Crippen LogP contribution < -0.4 is 10.6 Å². The van der Waals surface area contributed by atoms with E-state index in [1.54, 1.807) is 0 Å². The van der Waals surface area contributed by atoms with Crippen LogP contribution in [0.2, 0.25) is 0 Å². The van der Waals surface area contributed by atoms with Gasteiger partial charge in [-0.05, 0) is 34.8 Å². The van der Waals surface area contributed by atoms with Crippen LogP contribution in [0, 0.1) is 5.82 Å². The molecule has 1 fully saturated rings. The largest absolute Gasteiger partial charge is 0.335 e. The zero-order valence-corrected chi connectivity index (χ0v) is 11.5. The van der Waals surface area contributed by atoms with Crippen molar-refractivity contribution in [1.29, 1.82) is 0 Å². The second kappa shape index (κ2) is 6.13. The van der Waals surface area contributed by atoms with E-state index < -0.39 is 5.82 Å². The van der Waals surface area contributed by atoms with Crippen molar-refractivity contribution in [2.45, 2.75) is 38.1 Å². The Morgan fingerprint density at radius 2 is 2.11 bits per heavy atom. The number of nitrogens with one attached hydrogen (secondary N) is 2. The molecule has 0 aromatic carbocycles. The van der Waals surface area contributed by atoms with Gasteiger partial charge in [-0.15, -0.1) is 0 Å². The number of urea groups is 1. The SMILES string of the molecule is O=C(Nc1ncc(F)cc1Br)NC1CCCCC1. The molecule has 1 heterocycles. The number of rotatable bonds is 2. The topological polar surface area (TPSA) is 54.0 Å². The van der Waals surface area contributed by atoms with E-state index in [1.165, 1.54) is 12.5 Å². The average molecular weight is 316 g/mol. The fraction of sp³-hybridized carbons (Fsp3) is 0.500. The van der Waals surface area contributed by atoms with E-state index in [0.717, 1.165) is 31.9 Å². The van der Waals surface area contributed by atoms with Gasteiger partial charge < -0.3 is 5.32 Å². The summed E-state index contributed by atoms with van der Waals surface area (Å²) in [6.45, 7) is 0. The molecular formula is C12H15BrFN3O. The maximum atomic E-state index is 12.8. The van der Waals surface area contributed by atoms with Crippen LogP contribution in [0.25, 0.3) is 0 Å². The van der Waals surface area contributed by atoms with Crippen molar-refractivity contribution < 1.29 is 9.18 Å². The highest BCUT2D eigenvalue weighted by atomic mass is 79.9. The van der Waals surface area contributed by atoms with Gasteiger partial charge in [-0.1, -0.05) is 19.3 Å². The number of aromatic nitrogens is 1. The molecule has 0 radical (unpaired) electrons. The number of nitrogens with zero attached hydrogens (tertiary/aromatic N) is 1. The number of hydrogen-bond acceptors (Lipinski definition) is 2. The Morgan fingerprint density at radius 1 is 1.39 bits per heavy atom. The first-order chi connectivity index (χ1) is 8.65. The summed E-state index contributed by atoms with van der Waals surface area (Å²) in [7, 11) is 0. The summed E-state index contributed by atoms with van der Waals surface area (Å²) in [6, 6.07) is 1.21. The molecule has 0 atom stereocenters. The summed E-state index contributed by atoms with van der Waals surface area (Å²) in [6.07, 6.45) is 6.66. The summed E-state index contributed by atoms with van der Waals surface area (Å²) in [5, 5.41) is 5.51. The Hall–Kier alpha value is -1.17. The lowest BCUT2D eigenvalue weighted by Crippen LogP contribution is -2.39. The predicted molar refractivity (Wildman–Crippen MR) is 70.9 cm³/mol. The van der Waals surface area contributed by atoms with Crippen LogP contribution in [0.3, 0.4) is 0 Å². The molecular weight excluding hydrogens is 301 g/mol. The van der Waals surface area contributed by atoms with Crippen molar-refractivity contribution in [3.05, 3.63) is 22.6 Å². The van der Waals surface area contributed by atoms with Gasteiger partial charge >= 0.3 is 6.03 Å². The van der Waals surface area contributed by atoms with E-state index in [9.17, 15) is 9.18 Å². The lowest BCUT2D eigenvalue weighted by Gasteiger charge is -2.22. The van der Waals surface area contributed by atoms with Gasteiger partial charge in [0.15, 0.2) is 0 Å². The van der Waals surface area contributed by atoms with Crippen molar-refractivity contribution in [2.75, 3.05) is 5.32 Å². The highest BCUT2D eigenvalue weighted by Crippen LogP contribution is 2.21. The van der Waals surface area contributed by atoms with Crippen LogP contribution in [0.5, 0.6) is 0 Å². The molecule has 0 spiro atoms. The van der Waals surface area contributed by atoms with E-state index in [1.807, 2.05) is 0 Å². The van der Waals surface area contributed by atoms with Crippen molar-refractivity contribution in [3.63, 3.8) is 0 Å². The fourth-order valence-electron chi connectivity index (χ4n) is 2.08. The molecule has 98 valence electrons. The van der Waals surface area contributed by atoms with E-state index in [2.05, 4.69) is 31.5 Å². The molecule has 1 aliphatic carbocycles. The van der Waals surface area contributed by atoms with Gasteiger partial charge in [0.2, 0.25) is 0 Å². The summed E-state index contributed by atoms with van der Waals surface area (Å²) >= 11 is 3.16. The molecule has 0 saturated heterocycles. The Kier molecular flexibility index (Phi) is 4.52. The molecule has 2 N–H and O–H groups in total. The van der Waals surface area contributed by atoms with Crippen molar-refractivity contribution in [2.24, 2.45) is 0 Å². The first kappa shape index (κ1) is 13.3. The summed E-state index contributed by atoms with van der Waals surface area (Å²) < 4.78 is 13.3. The minimum Gasteiger partial charge on any atom is -0.335 e. The predicted octanol–water partition coefficient (Wildman–Crippen LogP) is 3.44. The van der Waals surface area contributed by atoms with Crippen molar-refractivity contribution in [3.8, 4) is 0 Å². The average Bonchev–Trinajstić information content (AvgIpc) is 2.34. The van der Waals surface area contributed by atoms with Crippen LogP contribution in [-0.4, -0.2) is 17.1 Å². The molecule has 0 unspecified atom stereocenters. The number of hydrogen-bond donors (Lipinski definition) is 2. The summed E-state index contributed by atoms with van der Waals surface area (Å²) in [4.78, 5) is 15.6. The smallest absolute Gasteiger partial charge is 0.320 e. The molecule has 1 saturated carbocycles. The van der Waals surface area contributed by atoms with E-state index in [4.69, 9.17) is 0 Å². The second-order valence-corrected chi connectivity index (χ2v) is 5.27. The quantitative estimate of drug-likeness (QED) is 0.878. The summed E-state index contributed by atoms with van der Waals surface area (Å²) in [5.74, 6) is -0.121. The normalized spacial score (nSPS) is 16.3. The minimum absolute atomic E-state index is 0.234. The lowest BCUT2D eigenvalue weighted by molar-refractivity contribution is 0.244. The third kappa shape index (κ3) is 3.66. The molecule has 18 heavy (non-hydrogen) atoms. The Balaban J connectivity index is 1.90. The van der Waals surface area contributed by atoms with Crippen LogP contribution in [-0.2, 0) is 0 Å². The molecule has 6 heteroatoms. The molecule has 1 aromatic heterocycles. The Labute approximate surface area is 113 Å². The molecule has 0 bridgehead atoms. The van der Waals surface area contributed by atoms with Gasteiger partial charge in [0.25, 0.3) is 0 Å². The second-order valence-electron chi connectivity index (χ2n) is 4.42. The lowest BCUT2D eigenvalue weighted by atomic mass is 9.96. The van der Waals surface area contributed by atoms with E-state index in [-0.39, 0.29) is 12.1 Å². The minimum atomic E-state index is -0.444. The van der Waals surface area contributed by atoms with Gasteiger partial charge in [0, 0.05) is 6.04 Å². The molecule has 2 amide bonds. The number of anilines is 1. The maximum absolute atomic E-state index is 12.8. The molecule has 1 aliphatic rings. The van der Waals surface area contributed by atoms with Gasteiger partial charge in [-0.2, -0.15) is 0 Å². The van der Waals surface area contributed by atoms with Gasteiger partial charge in [0.1, 0.15) is 11.6 Å². The zero-order valence-electron chi connectivity index (χ0n) is 9.88. The third-order valence-corrected chi connectivity index (χ3v) is 3.58. The van der Waals surface area contributed by atoms with Crippen LogP contribution >= 0.6 is 15.9 Å². The van der Waals surface area contributed by atoms with Crippen LogP contribution in [0.15, 0.2) is 16.7 Å². The molecule has 1 aromatic rings. The van der Waals surface area contributed by atoms with Crippen LogP contribution in [0.1, 0.15) is 32.1 Å². The molecule has 4 nitrogen and oxygen atoms in total. The maximum Gasteiger partial charge on any atom is 0.320 e. The highest BCUT2D eigenvalue weighted by Gasteiger charge is 2.16. The number of pyridine rings is 1. The monoisotopic (exact) mass is 315 g/mol. The first-order valence-corrected chi connectivity index (χ1v) is 6.83. The third-order valence-electron chi connectivity index (χ3n) is 2.98. The Morgan fingerprint density at radius 3 is 2.78 bits per heavy atom. The van der Waals surface area contributed by atoms with E-state index in [0.29, 0.717) is 10.3 Å². The van der Waals surface area contributed by atoms with Gasteiger partial charge in [0.05, 0.1) is 10.7 Å². The van der Waals surface area contributed by atoms with Gasteiger partial charge in [-0.3, -0.25) is 5.32 Å². The van der Waals surface area contributed by atoms with Crippen molar-refractivity contribution >= 4 is 27.8 Å². The summed E-state index contributed by atoms with van der Waals surface area (Å²) in [5.41, 5.74) is 0. The van der Waals surface area contributed by atoms with Crippen LogP contribution in [0.4, 0.5) is 15.0 Å². The first-order valence-electron chi connectivity index (χ1n) is 6.04. The number of carbonyl (C=O) groups excluding carboxylic acids is 1. The number of halogens is 2.